The lowest BCUT2D eigenvalue weighted by Crippen LogP contribution is -2.37. The minimum absolute atomic E-state index is 0.613. The first-order valence-corrected chi connectivity index (χ1v) is 20.1. The molecule has 276 valence electrons. The van der Waals surface area contributed by atoms with Gasteiger partial charge in [0.15, 0.2) is 0 Å². The van der Waals surface area contributed by atoms with Gasteiger partial charge in [-0.2, -0.15) is 5.26 Å². The van der Waals surface area contributed by atoms with E-state index in [1.54, 1.807) is 0 Å². The van der Waals surface area contributed by atoms with E-state index in [0.717, 1.165) is 66.8 Å². The number of nitriles is 1. The molecule has 1 aliphatic heterocycles. The van der Waals surface area contributed by atoms with Crippen LogP contribution in [0.25, 0.3) is 49.7 Å². The highest BCUT2D eigenvalue weighted by molar-refractivity contribution is 6.10. The van der Waals surface area contributed by atoms with Gasteiger partial charge in [-0.25, -0.2) is 0 Å². The Morgan fingerprint density at radius 2 is 0.949 bits per heavy atom. The molecule has 9 aromatic carbocycles. The number of hydrogen-bond donors (Lipinski definition) is 0. The third-order valence-corrected chi connectivity index (χ3v) is 12.1. The zero-order chi connectivity index (χ0) is 39.3. The quantitative estimate of drug-likeness (QED) is 0.169. The van der Waals surface area contributed by atoms with Crippen LogP contribution in [0.2, 0.25) is 0 Å². The van der Waals surface area contributed by atoms with E-state index in [-0.39, 0.29) is 0 Å². The Balaban J connectivity index is 1.16. The van der Waals surface area contributed by atoms with Crippen LogP contribution in [0, 0.1) is 11.3 Å². The fourth-order valence-corrected chi connectivity index (χ4v) is 9.63. The molecule has 0 fully saturated rings. The average Bonchev–Trinajstić information content (AvgIpc) is 3.65. The highest BCUT2D eigenvalue weighted by Crippen LogP contribution is 2.58. The molecule has 0 saturated carbocycles. The lowest BCUT2D eigenvalue weighted by molar-refractivity contribution is 0.731. The summed E-state index contributed by atoms with van der Waals surface area (Å²) in [5.41, 5.74) is 15.6. The minimum atomic E-state index is -0.613. The molecule has 1 aliphatic rings. The first kappa shape index (κ1) is 34.3. The predicted octanol–water partition coefficient (Wildman–Crippen LogP) is 14.2. The number of hydrogen-bond acceptors (Lipinski definition) is 2. The Morgan fingerprint density at radius 1 is 0.407 bits per heavy atom. The average molecular weight is 752 g/mol. The van der Waals surface area contributed by atoms with Crippen LogP contribution >= 0.6 is 0 Å². The van der Waals surface area contributed by atoms with E-state index in [1.807, 2.05) is 12.1 Å². The second kappa shape index (κ2) is 13.9. The summed E-state index contributed by atoms with van der Waals surface area (Å²) >= 11 is 0. The SMILES string of the molecule is N#Cc1cccc(-c2cccc(-c3ccc4c(c3)C(c3ccccc3)(c3ccccc3)c3ccccc3N4c3ccccc3)c2)c1-n1c2ccccc2c2ccccc21. The minimum Gasteiger partial charge on any atom is -0.310 e. The third kappa shape index (κ3) is 5.28. The summed E-state index contributed by atoms with van der Waals surface area (Å²) in [5.74, 6) is 0. The molecular formula is C56H37N3. The molecule has 0 bridgehead atoms. The number of fused-ring (bicyclic) bond motifs is 5. The zero-order valence-corrected chi connectivity index (χ0v) is 32.2. The summed E-state index contributed by atoms with van der Waals surface area (Å²) < 4.78 is 2.27. The Bertz CT molecular complexity index is 3140. The molecule has 2 heterocycles. The summed E-state index contributed by atoms with van der Waals surface area (Å²) in [6.45, 7) is 0. The van der Waals surface area contributed by atoms with Crippen molar-refractivity contribution in [2.45, 2.75) is 5.41 Å². The van der Waals surface area contributed by atoms with Crippen molar-refractivity contribution < 1.29 is 0 Å². The fourth-order valence-electron chi connectivity index (χ4n) is 9.63. The molecular weight excluding hydrogens is 715 g/mol. The first-order valence-electron chi connectivity index (χ1n) is 20.1. The number of nitrogens with zero attached hydrogens (tertiary/aromatic N) is 3. The summed E-state index contributed by atoms with van der Waals surface area (Å²) in [6.07, 6.45) is 0. The smallest absolute Gasteiger partial charge is 0.101 e. The van der Waals surface area contributed by atoms with E-state index in [4.69, 9.17) is 0 Å². The van der Waals surface area contributed by atoms with E-state index in [0.29, 0.717) is 5.56 Å². The number of benzene rings is 9. The second-order valence-corrected chi connectivity index (χ2v) is 15.2. The van der Waals surface area contributed by atoms with E-state index in [1.165, 1.54) is 22.3 Å². The van der Waals surface area contributed by atoms with Crippen LogP contribution in [0.15, 0.2) is 224 Å². The molecule has 59 heavy (non-hydrogen) atoms. The maximum atomic E-state index is 10.6. The van der Waals surface area contributed by atoms with Crippen LogP contribution in [0.3, 0.4) is 0 Å². The van der Waals surface area contributed by atoms with Gasteiger partial charge >= 0.3 is 0 Å². The van der Waals surface area contributed by atoms with E-state index < -0.39 is 5.41 Å². The molecule has 11 rings (SSSR count). The second-order valence-electron chi connectivity index (χ2n) is 15.2. The van der Waals surface area contributed by atoms with Gasteiger partial charge in [-0.3, -0.25) is 0 Å². The topological polar surface area (TPSA) is 32.0 Å². The van der Waals surface area contributed by atoms with Gasteiger partial charge in [0.1, 0.15) is 6.07 Å². The number of aromatic nitrogens is 1. The number of rotatable bonds is 6. The lowest BCUT2D eigenvalue weighted by atomic mass is 9.62. The first-order chi connectivity index (χ1) is 29.3. The van der Waals surface area contributed by atoms with Gasteiger partial charge in [-0.05, 0) is 93.5 Å². The summed E-state index contributed by atoms with van der Waals surface area (Å²) in [6, 6.07) is 82.9. The molecule has 3 heteroatoms. The van der Waals surface area contributed by atoms with Gasteiger partial charge in [-0.1, -0.05) is 170 Å². The predicted molar refractivity (Wildman–Crippen MR) is 243 cm³/mol. The van der Waals surface area contributed by atoms with Crippen LogP contribution in [-0.4, -0.2) is 4.57 Å². The Labute approximate surface area is 343 Å². The van der Waals surface area contributed by atoms with Crippen LogP contribution in [-0.2, 0) is 5.41 Å². The largest absolute Gasteiger partial charge is 0.310 e. The highest BCUT2D eigenvalue weighted by atomic mass is 15.2. The van der Waals surface area contributed by atoms with Crippen molar-refractivity contribution in [1.29, 1.82) is 5.26 Å². The maximum absolute atomic E-state index is 10.6. The van der Waals surface area contributed by atoms with Gasteiger partial charge in [0.25, 0.3) is 0 Å². The molecule has 0 atom stereocenters. The molecule has 0 amide bonds. The van der Waals surface area contributed by atoms with Crippen LogP contribution in [0.1, 0.15) is 27.8 Å². The van der Waals surface area contributed by atoms with Crippen molar-refractivity contribution in [3.8, 4) is 34.0 Å². The van der Waals surface area contributed by atoms with E-state index >= 15 is 0 Å². The maximum Gasteiger partial charge on any atom is 0.101 e. The Morgan fingerprint density at radius 3 is 1.63 bits per heavy atom. The summed E-state index contributed by atoms with van der Waals surface area (Å²) in [5, 5.41) is 12.9. The van der Waals surface area contributed by atoms with Gasteiger partial charge < -0.3 is 9.47 Å². The lowest BCUT2D eigenvalue weighted by Gasteiger charge is -2.46. The van der Waals surface area contributed by atoms with Crippen LogP contribution in [0.4, 0.5) is 17.1 Å². The monoisotopic (exact) mass is 751 g/mol. The highest BCUT2D eigenvalue weighted by Gasteiger charge is 2.46. The van der Waals surface area contributed by atoms with E-state index in [2.05, 4.69) is 228 Å². The fraction of sp³-hybridized carbons (Fsp3) is 0.0179. The zero-order valence-electron chi connectivity index (χ0n) is 32.2. The van der Waals surface area contributed by atoms with Crippen molar-refractivity contribution in [2.24, 2.45) is 0 Å². The van der Waals surface area contributed by atoms with Gasteiger partial charge in [-0.15, -0.1) is 0 Å². The number of para-hydroxylation sites is 5. The van der Waals surface area contributed by atoms with Crippen molar-refractivity contribution >= 4 is 38.9 Å². The Kier molecular flexibility index (Phi) is 8.10. The molecule has 0 saturated heterocycles. The van der Waals surface area contributed by atoms with Crippen molar-refractivity contribution in [2.75, 3.05) is 4.90 Å². The molecule has 0 spiro atoms. The third-order valence-electron chi connectivity index (χ3n) is 12.1. The van der Waals surface area contributed by atoms with Crippen LogP contribution < -0.4 is 4.90 Å². The normalized spacial score (nSPS) is 12.8. The standard InChI is InChI=1S/C56H37N3/c57-38-42-20-17-29-46(55(42)59-51-31-13-10-27-47(51)48-28-11-14-32-52(48)59)41-19-16-18-39(36-41)40-34-35-54-50(37-40)56(43-21-4-1-5-22-43,44-23-6-2-7-24-44)49-30-12-15-33-53(49)58(54)45-25-8-3-9-26-45/h1-37H. The summed E-state index contributed by atoms with van der Waals surface area (Å²) in [7, 11) is 0. The molecule has 0 aliphatic carbocycles. The van der Waals surface area contributed by atoms with Crippen LogP contribution in [0.5, 0.6) is 0 Å². The van der Waals surface area contributed by atoms with Crippen molar-refractivity contribution in [3.63, 3.8) is 0 Å². The summed E-state index contributed by atoms with van der Waals surface area (Å²) in [4.78, 5) is 2.42. The molecule has 1 aromatic heterocycles. The van der Waals surface area contributed by atoms with Gasteiger partial charge in [0, 0.05) is 22.0 Å². The van der Waals surface area contributed by atoms with Gasteiger partial charge in [0.05, 0.1) is 39.1 Å². The van der Waals surface area contributed by atoms with Crippen molar-refractivity contribution in [1.82, 2.24) is 4.57 Å². The number of anilines is 3. The Hall–Kier alpha value is -7.93. The van der Waals surface area contributed by atoms with E-state index in [9.17, 15) is 5.26 Å². The molecule has 0 radical (unpaired) electrons. The molecule has 0 N–H and O–H groups in total. The van der Waals surface area contributed by atoms with Gasteiger partial charge in [0.2, 0.25) is 0 Å². The van der Waals surface area contributed by atoms with Crippen molar-refractivity contribution in [3.05, 3.63) is 252 Å². The molecule has 10 aromatic rings. The molecule has 0 unspecified atom stereocenters. The molecule has 3 nitrogen and oxygen atoms in total.